The van der Waals surface area contributed by atoms with Gasteiger partial charge in [0.2, 0.25) is 0 Å². The summed E-state index contributed by atoms with van der Waals surface area (Å²) in [5, 5.41) is 1.38. The zero-order valence-electron chi connectivity index (χ0n) is 5.07. The van der Waals surface area contributed by atoms with E-state index in [0.717, 1.165) is 11.1 Å². The Hall–Kier alpha value is -0.460. The van der Waals surface area contributed by atoms with Crippen molar-refractivity contribution in [2.45, 2.75) is 0 Å². The molecule has 0 bridgehead atoms. The van der Waals surface area contributed by atoms with Crippen molar-refractivity contribution in [3.8, 4) is 0 Å². The van der Waals surface area contributed by atoms with Gasteiger partial charge in [-0.2, -0.15) is 0 Å². The van der Waals surface area contributed by atoms with Crippen LogP contribution in [0.2, 0.25) is 0 Å². The molecule has 1 aliphatic rings. The molecule has 50 valence electrons. The first-order chi connectivity index (χ1) is 4.80. The Balaban J connectivity index is 2.62. The Morgan fingerprint density at radius 3 is 1.60 bits per heavy atom. The van der Waals surface area contributed by atoms with Crippen LogP contribution in [0.25, 0.3) is 10.1 Å². The minimum absolute atomic E-state index is 0.692. The van der Waals surface area contributed by atoms with Crippen LogP contribution in [0.1, 0.15) is 11.1 Å². The van der Waals surface area contributed by atoms with Crippen LogP contribution in [0.4, 0.5) is 0 Å². The molecule has 0 unspecified atom stereocenters. The van der Waals surface area contributed by atoms with Crippen LogP contribution in [0, 0.1) is 0 Å². The molecule has 1 aromatic carbocycles. The van der Waals surface area contributed by atoms with E-state index in [4.69, 9.17) is 23.2 Å². The van der Waals surface area contributed by atoms with Crippen molar-refractivity contribution in [2.75, 3.05) is 0 Å². The third-order valence-corrected chi connectivity index (χ3v) is 2.47. The topological polar surface area (TPSA) is 0 Å². The van der Waals surface area contributed by atoms with Gasteiger partial charge in [-0.1, -0.05) is 47.5 Å². The lowest BCUT2D eigenvalue weighted by Gasteiger charge is -2.17. The zero-order valence-corrected chi connectivity index (χ0v) is 6.58. The molecule has 0 spiro atoms. The summed E-state index contributed by atoms with van der Waals surface area (Å²) in [6, 6.07) is 7.82. The van der Waals surface area contributed by atoms with Gasteiger partial charge in [0.15, 0.2) is 0 Å². The number of hydrogen-bond donors (Lipinski definition) is 0. The van der Waals surface area contributed by atoms with E-state index in [2.05, 4.69) is 0 Å². The van der Waals surface area contributed by atoms with Crippen LogP contribution in [0.3, 0.4) is 0 Å². The lowest BCUT2D eigenvalue weighted by Crippen LogP contribution is -1.96. The van der Waals surface area contributed by atoms with Gasteiger partial charge in [0.05, 0.1) is 10.1 Å². The molecule has 1 aromatic rings. The fourth-order valence-corrected chi connectivity index (χ4v) is 1.57. The lowest BCUT2D eigenvalue weighted by atomic mass is 9.97. The predicted molar refractivity (Wildman–Crippen MR) is 45.0 cm³/mol. The van der Waals surface area contributed by atoms with Gasteiger partial charge in [-0.25, -0.2) is 0 Å². The second-order valence-electron chi connectivity index (χ2n) is 2.17. The third-order valence-electron chi connectivity index (χ3n) is 1.59. The van der Waals surface area contributed by atoms with Crippen molar-refractivity contribution in [3.63, 3.8) is 0 Å². The Kier molecular flexibility index (Phi) is 1.26. The molecule has 1 aliphatic carbocycles. The Morgan fingerprint density at radius 1 is 0.800 bits per heavy atom. The molecule has 0 nitrogen and oxygen atoms in total. The fraction of sp³-hybridized carbons (Fsp3) is 0. The maximum absolute atomic E-state index is 5.78. The molecule has 0 aliphatic heterocycles. The van der Waals surface area contributed by atoms with Crippen molar-refractivity contribution in [1.82, 2.24) is 0 Å². The molecule has 2 heteroatoms. The highest BCUT2D eigenvalue weighted by Crippen LogP contribution is 2.44. The van der Waals surface area contributed by atoms with E-state index in [0.29, 0.717) is 10.1 Å². The maximum atomic E-state index is 5.78. The summed E-state index contributed by atoms with van der Waals surface area (Å²) in [5.74, 6) is 0. The Labute approximate surface area is 69.1 Å². The van der Waals surface area contributed by atoms with Gasteiger partial charge in [-0.05, 0) is 0 Å². The second kappa shape index (κ2) is 2.01. The molecule has 0 heterocycles. The molecule has 0 N–H and O–H groups in total. The molecule has 10 heavy (non-hydrogen) atoms. The normalized spacial score (nSPS) is 14.6. The number of hydrogen-bond acceptors (Lipinski definition) is 0. The summed E-state index contributed by atoms with van der Waals surface area (Å²) in [6.45, 7) is 0. The molecule has 0 saturated carbocycles. The van der Waals surface area contributed by atoms with Crippen LogP contribution < -0.4 is 0 Å². The molecule has 0 atom stereocenters. The van der Waals surface area contributed by atoms with E-state index in [1.54, 1.807) is 0 Å². The Bertz CT molecular complexity index is 282. The summed E-state index contributed by atoms with van der Waals surface area (Å²) < 4.78 is 0. The molecule has 0 fully saturated rings. The summed E-state index contributed by atoms with van der Waals surface area (Å²) in [4.78, 5) is 0. The summed E-state index contributed by atoms with van der Waals surface area (Å²) in [5.41, 5.74) is 2.13. The summed E-state index contributed by atoms with van der Waals surface area (Å²) >= 11 is 11.6. The minimum atomic E-state index is 0.692. The van der Waals surface area contributed by atoms with Crippen molar-refractivity contribution in [1.29, 1.82) is 0 Å². The molecule has 2 rings (SSSR count). The SMILES string of the molecule is ClC1=C(Cl)c2ccccc21. The quantitative estimate of drug-likeness (QED) is 0.561. The highest BCUT2D eigenvalue weighted by Gasteiger charge is 2.21. The first-order valence-electron chi connectivity index (χ1n) is 2.96. The smallest absolute Gasteiger partial charge is 0.0677 e. The number of fused-ring (bicyclic) bond motifs is 1. The molecule has 0 radical (unpaired) electrons. The van der Waals surface area contributed by atoms with Gasteiger partial charge >= 0.3 is 0 Å². The molecular weight excluding hydrogens is 167 g/mol. The van der Waals surface area contributed by atoms with Gasteiger partial charge in [-0.3, -0.25) is 0 Å². The molecule has 0 saturated heterocycles. The first kappa shape index (κ1) is 6.26. The third kappa shape index (κ3) is 0.635. The van der Waals surface area contributed by atoms with Crippen molar-refractivity contribution < 1.29 is 0 Å². The highest BCUT2D eigenvalue weighted by atomic mass is 35.5. The van der Waals surface area contributed by atoms with E-state index in [9.17, 15) is 0 Å². The zero-order chi connectivity index (χ0) is 7.14. The fourth-order valence-electron chi connectivity index (χ4n) is 1.04. The van der Waals surface area contributed by atoms with Gasteiger partial charge in [0.1, 0.15) is 0 Å². The number of halogens is 2. The molecule has 0 amide bonds. The van der Waals surface area contributed by atoms with Gasteiger partial charge in [0, 0.05) is 11.1 Å². The average Bonchev–Trinajstić information content (AvgIpc) is 2.03. The van der Waals surface area contributed by atoms with E-state index in [1.807, 2.05) is 24.3 Å². The van der Waals surface area contributed by atoms with Crippen molar-refractivity contribution >= 4 is 33.3 Å². The predicted octanol–water partition coefficient (Wildman–Crippen LogP) is 3.30. The highest BCUT2D eigenvalue weighted by molar-refractivity contribution is 6.69. The standard InChI is InChI=1S/C8H4Cl2/c9-7-5-3-1-2-4-6(5)8(7)10/h1-4H. The lowest BCUT2D eigenvalue weighted by molar-refractivity contribution is 1.55. The molecule has 0 aromatic heterocycles. The van der Waals surface area contributed by atoms with E-state index in [1.165, 1.54) is 0 Å². The van der Waals surface area contributed by atoms with Crippen LogP contribution in [0.15, 0.2) is 24.3 Å². The van der Waals surface area contributed by atoms with Gasteiger partial charge in [-0.15, -0.1) is 0 Å². The van der Waals surface area contributed by atoms with E-state index in [-0.39, 0.29) is 0 Å². The van der Waals surface area contributed by atoms with Gasteiger partial charge < -0.3 is 0 Å². The largest absolute Gasteiger partial charge is 0.0820 e. The monoisotopic (exact) mass is 170 g/mol. The van der Waals surface area contributed by atoms with Crippen LogP contribution in [0.5, 0.6) is 0 Å². The van der Waals surface area contributed by atoms with Gasteiger partial charge in [0.25, 0.3) is 0 Å². The minimum Gasteiger partial charge on any atom is -0.0820 e. The summed E-state index contributed by atoms with van der Waals surface area (Å²) in [6.07, 6.45) is 0. The van der Waals surface area contributed by atoms with Crippen LogP contribution in [-0.2, 0) is 0 Å². The van der Waals surface area contributed by atoms with E-state index < -0.39 is 0 Å². The van der Waals surface area contributed by atoms with Crippen LogP contribution in [-0.4, -0.2) is 0 Å². The first-order valence-corrected chi connectivity index (χ1v) is 3.71. The molecular formula is C8H4Cl2. The maximum Gasteiger partial charge on any atom is 0.0677 e. The van der Waals surface area contributed by atoms with Crippen molar-refractivity contribution in [3.05, 3.63) is 35.4 Å². The summed E-state index contributed by atoms with van der Waals surface area (Å²) in [7, 11) is 0. The number of rotatable bonds is 0. The Morgan fingerprint density at radius 2 is 1.20 bits per heavy atom. The van der Waals surface area contributed by atoms with Crippen molar-refractivity contribution in [2.24, 2.45) is 0 Å². The van der Waals surface area contributed by atoms with E-state index >= 15 is 0 Å². The van der Waals surface area contributed by atoms with Crippen LogP contribution >= 0.6 is 23.2 Å². The second-order valence-corrected chi connectivity index (χ2v) is 2.93. The number of benzene rings is 1. The average molecular weight is 171 g/mol.